The van der Waals surface area contributed by atoms with Crippen LogP contribution >= 0.6 is 23.4 Å². The van der Waals surface area contributed by atoms with E-state index in [1.807, 2.05) is 129 Å². The molecule has 1 N–H and O–H groups in total. The minimum atomic E-state index is -0.684. The quantitative estimate of drug-likeness (QED) is 0.0730. The van der Waals surface area contributed by atoms with E-state index in [-0.39, 0.29) is 28.4 Å². The lowest BCUT2D eigenvalue weighted by Crippen LogP contribution is -2.42. The molecule has 10 heteroatoms. The Morgan fingerprint density at radius 3 is 2.18 bits per heavy atom. The molecule has 1 aliphatic rings. The highest BCUT2D eigenvalue weighted by molar-refractivity contribution is 8.14. The van der Waals surface area contributed by atoms with Crippen LogP contribution in [0.4, 0.5) is 0 Å². The number of amides is 3. The highest BCUT2D eigenvalue weighted by Crippen LogP contribution is 2.30. The van der Waals surface area contributed by atoms with Gasteiger partial charge in [-0.05, 0) is 97.6 Å². The van der Waals surface area contributed by atoms with Crippen molar-refractivity contribution < 1.29 is 19.1 Å². The van der Waals surface area contributed by atoms with E-state index in [9.17, 15) is 14.4 Å². The topological polar surface area (TPSA) is 93.0 Å². The number of carbonyl (C=O) groups excluding carboxylic acids is 3. The number of ether oxygens (including phenoxy) is 1. The second-order valence-corrected chi connectivity index (χ2v) is 14.3. The number of amidine groups is 1. The molecule has 0 saturated carbocycles. The van der Waals surface area contributed by atoms with E-state index in [1.165, 1.54) is 4.90 Å². The van der Waals surface area contributed by atoms with Crippen molar-refractivity contribution >= 4 is 52.3 Å². The molecule has 2 heterocycles. The second kappa shape index (κ2) is 18.4. The Balaban J connectivity index is 1.23. The van der Waals surface area contributed by atoms with Gasteiger partial charge in [-0.15, -0.1) is 0 Å². The normalized spacial score (nSPS) is 14.1. The molecule has 0 radical (unpaired) electrons. The van der Waals surface area contributed by atoms with Crippen LogP contribution < -0.4 is 10.1 Å². The molecule has 6 rings (SSSR count). The molecule has 0 aliphatic carbocycles. The van der Waals surface area contributed by atoms with Gasteiger partial charge in [-0.25, -0.2) is 0 Å². The Morgan fingerprint density at radius 1 is 0.929 bits per heavy atom. The van der Waals surface area contributed by atoms with E-state index >= 15 is 0 Å². The lowest BCUT2D eigenvalue weighted by molar-refractivity contribution is -0.126. The Kier molecular flexibility index (Phi) is 13.0. The van der Waals surface area contributed by atoms with E-state index in [0.29, 0.717) is 28.6 Å². The molecule has 4 aromatic carbocycles. The highest BCUT2D eigenvalue weighted by atomic mass is 35.5. The average molecular weight is 781 g/mol. The van der Waals surface area contributed by atoms with Crippen LogP contribution in [0.5, 0.6) is 5.75 Å². The molecule has 0 atom stereocenters. The molecule has 1 aliphatic heterocycles. The summed E-state index contributed by atoms with van der Waals surface area (Å²) in [4.78, 5) is 47.2. The van der Waals surface area contributed by atoms with E-state index < -0.39 is 11.8 Å². The number of hydrogen-bond acceptors (Lipinski definition) is 5. The summed E-state index contributed by atoms with van der Waals surface area (Å²) in [6, 6.07) is 36.2. The van der Waals surface area contributed by atoms with E-state index in [4.69, 9.17) is 16.3 Å². The van der Waals surface area contributed by atoms with E-state index in [1.54, 1.807) is 37.3 Å². The van der Waals surface area contributed by atoms with Gasteiger partial charge in [0.25, 0.3) is 11.8 Å². The smallest absolute Gasteiger partial charge is 0.285 e. The predicted octanol–water partition coefficient (Wildman–Crippen LogP) is 9.72. The number of allylic oxidation sites excluding steroid dienone is 4. The standard InChI is InChI=1S/C46H41ClN4O4S/c1-5-7-18-38(6-2)51-45(54)41(44(53)49-46(51)56-30-42(52)48-43(34-14-10-8-11-15-34)35-16-12-9-13-17-35)28-36-27-31(3)50(32(36)4)39-23-25-40(26-24-39)55-29-33-19-21-37(47)22-20-33/h5-28,43H,1,29-30H2,2-4H3,(H,48,52)/b18-7-,38-6+,41-28+. The maximum Gasteiger partial charge on any atom is 0.285 e. The predicted molar refractivity (Wildman–Crippen MR) is 227 cm³/mol. The number of aromatic nitrogens is 1. The first-order chi connectivity index (χ1) is 27.2. The fraction of sp³-hybridized carbons (Fsp3) is 0.130. The third-order valence-corrected chi connectivity index (χ3v) is 10.3. The largest absolute Gasteiger partial charge is 0.489 e. The number of nitrogens with zero attached hydrogens (tertiary/aromatic N) is 3. The zero-order valence-electron chi connectivity index (χ0n) is 31.3. The van der Waals surface area contributed by atoms with Crippen molar-refractivity contribution in [3.8, 4) is 11.4 Å². The minimum Gasteiger partial charge on any atom is -0.489 e. The monoisotopic (exact) mass is 780 g/mol. The van der Waals surface area contributed by atoms with Crippen molar-refractivity contribution in [2.45, 2.75) is 33.4 Å². The summed E-state index contributed by atoms with van der Waals surface area (Å²) in [5, 5.41) is 3.90. The number of benzene rings is 4. The molecule has 0 spiro atoms. The summed E-state index contributed by atoms with van der Waals surface area (Å²) in [6.45, 7) is 9.86. The molecule has 0 unspecified atom stereocenters. The maximum absolute atomic E-state index is 14.3. The van der Waals surface area contributed by atoms with Crippen molar-refractivity contribution in [1.82, 2.24) is 14.8 Å². The van der Waals surface area contributed by atoms with Gasteiger partial charge in [-0.2, -0.15) is 4.99 Å². The van der Waals surface area contributed by atoms with Crippen molar-refractivity contribution in [2.24, 2.45) is 4.99 Å². The first-order valence-corrected chi connectivity index (χ1v) is 19.4. The number of aryl methyl sites for hydroxylation is 1. The molecular weight excluding hydrogens is 740 g/mol. The van der Waals surface area contributed by atoms with Crippen molar-refractivity contribution in [3.05, 3.63) is 196 Å². The van der Waals surface area contributed by atoms with Gasteiger partial charge in [0.05, 0.1) is 11.8 Å². The minimum absolute atomic E-state index is 0.0839. The molecule has 1 aromatic heterocycles. The number of rotatable bonds is 13. The third-order valence-electron chi connectivity index (χ3n) is 9.10. The zero-order valence-corrected chi connectivity index (χ0v) is 32.9. The van der Waals surface area contributed by atoms with Crippen LogP contribution in [0.1, 0.15) is 46.6 Å². The number of hydrogen-bond donors (Lipinski definition) is 1. The average Bonchev–Trinajstić information content (AvgIpc) is 3.50. The van der Waals surface area contributed by atoms with Crippen LogP contribution in [0.3, 0.4) is 0 Å². The van der Waals surface area contributed by atoms with Crippen LogP contribution in [0.15, 0.2) is 162 Å². The summed E-state index contributed by atoms with van der Waals surface area (Å²) < 4.78 is 8.03. The van der Waals surface area contributed by atoms with E-state index in [0.717, 1.165) is 45.5 Å². The Bertz CT molecular complexity index is 2310. The van der Waals surface area contributed by atoms with Gasteiger partial charge in [0.1, 0.15) is 17.9 Å². The van der Waals surface area contributed by atoms with Gasteiger partial charge in [0, 0.05) is 27.8 Å². The lowest BCUT2D eigenvalue weighted by atomic mass is 9.99. The van der Waals surface area contributed by atoms with Crippen molar-refractivity contribution in [3.63, 3.8) is 0 Å². The molecule has 3 amide bonds. The Hall–Kier alpha value is -6.16. The van der Waals surface area contributed by atoms with Gasteiger partial charge >= 0.3 is 0 Å². The van der Waals surface area contributed by atoms with Gasteiger partial charge in [-0.1, -0.05) is 121 Å². The summed E-state index contributed by atoms with van der Waals surface area (Å²) in [5.41, 5.74) is 6.59. The van der Waals surface area contributed by atoms with Crippen LogP contribution in [-0.4, -0.2) is 38.1 Å². The van der Waals surface area contributed by atoms with Gasteiger partial charge < -0.3 is 14.6 Å². The van der Waals surface area contributed by atoms with Gasteiger partial charge in [-0.3, -0.25) is 19.3 Å². The van der Waals surface area contributed by atoms with Gasteiger partial charge in [0.15, 0.2) is 5.17 Å². The molecule has 0 fully saturated rings. The SMILES string of the molecule is C=C/C=C\C(=C/C)N1C(=O)/C(=C/c2cc(C)n(-c3ccc(OCc4ccc(Cl)cc4)cc3)c2C)C(=O)N=C1SCC(=O)NC(c1ccccc1)c1ccccc1. The number of nitrogens with one attached hydrogen (secondary N) is 1. The summed E-state index contributed by atoms with van der Waals surface area (Å²) in [6.07, 6.45) is 8.34. The summed E-state index contributed by atoms with van der Waals surface area (Å²) in [5.74, 6) is -0.884. The van der Waals surface area contributed by atoms with Crippen molar-refractivity contribution in [1.29, 1.82) is 0 Å². The molecule has 5 aromatic rings. The Labute approximate surface area is 336 Å². The molecular formula is C46H41ClN4O4S. The summed E-state index contributed by atoms with van der Waals surface area (Å²) >= 11 is 7.03. The molecule has 0 bridgehead atoms. The van der Waals surface area contributed by atoms with Crippen LogP contribution in [0, 0.1) is 13.8 Å². The first-order valence-electron chi connectivity index (χ1n) is 18.0. The van der Waals surface area contributed by atoms with Crippen LogP contribution in [0.25, 0.3) is 11.8 Å². The first kappa shape index (κ1) is 39.5. The van der Waals surface area contributed by atoms with Crippen LogP contribution in [0.2, 0.25) is 5.02 Å². The number of halogens is 1. The Morgan fingerprint density at radius 2 is 1.57 bits per heavy atom. The third kappa shape index (κ3) is 9.37. The van der Waals surface area contributed by atoms with Gasteiger partial charge in [0.2, 0.25) is 5.91 Å². The highest BCUT2D eigenvalue weighted by Gasteiger charge is 2.35. The molecule has 8 nitrogen and oxygen atoms in total. The summed E-state index contributed by atoms with van der Waals surface area (Å²) in [7, 11) is 0. The number of thioether (sulfide) groups is 1. The molecule has 56 heavy (non-hydrogen) atoms. The lowest BCUT2D eigenvalue weighted by Gasteiger charge is -2.28. The fourth-order valence-corrected chi connectivity index (χ4v) is 7.25. The van der Waals surface area contributed by atoms with Crippen LogP contribution in [-0.2, 0) is 21.0 Å². The number of carbonyl (C=O) groups is 3. The maximum atomic E-state index is 14.3. The second-order valence-electron chi connectivity index (χ2n) is 12.9. The number of aliphatic imine (C=N–C) groups is 1. The van der Waals surface area contributed by atoms with E-state index in [2.05, 4.69) is 21.5 Å². The molecule has 0 saturated heterocycles. The molecule has 282 valence electrons. The van der Waals surface area contributed by atoms with Crippen molar-refractivity contribution in [2.75, 3.05) is 5.75 Å². The zero-order chi connectivity index (χ0) is 39.6. The fourth-order valence-electron chi connectivity index (χ4n) is 6.32.